The molecule has 0 aliphatic heterocycles. The van der Waals surface area contributed by atoms with Gasteiger partial charge in [-0.2, -0.15) is 5.10 Å². The van der Waals surface area contributed by atoms with Gasteiger partial charge < -0.3 is 5.73 Å². The van der Waals surface area contributed by atoms with Crippen molar-refractivity contribution in [3.05, 3.63) is 52.6 Å². The highest BCUT2D eigenvalue weighted by Gasteiger charge is 2.16. The number of rotatable bonds is 3. The fourth-order valence-electron chi connectivity index (χ4n) is 2.11. The summed E-state index contributed by atoms with van der Waals surface area (Å²) >= 11 is 0. The Hall–Kier alpha value is -1.68. The van der Waals surface area contributed by atoms with Crippen LogP contribution in [0.5, 0.6) is 0 Å². The first-order valence-electron chi connectivity index (χ1n) is 6.07. The smallest absolute Gasteiger partial charge is 0.123 e. The van der Waals surface area contributed by atoms with Crippen molar-refractivity contribution >= 4 is 0 Å². The molecule has 0 radical (unpaired) electrons. The van der Waals surface area contributed by atoms with E-state index in [0.29, 0.717) is 0 Å². The van der Waals surface area contributed by atoms with E-state index in [1.165, 1.54) is 12.1 Å². The molecule has 0 saturated heterocycles. The highest BCUT2D eigenvalue weighted by Crippen LogP contribution is 2.23. The lowest BCUT2D eigenvalue weighted by atomic mass is 9.99. The number of aromatic nitrogens is 2. The van der Waals surface area contributed by atoms with Crippen LogP contribution in [0, 0.1) is 12.7 Å². The van der Waals surface area contributed by atoms with Crippen LogP contribution in [0.4, 0.5) is 4.39 Å². The molecule has 1 atom stereocenters. The lowest BCUT2D eigenvalue weighted by molar-refractivity contribution is 0.617. The summed E-state index contributed by atoms with van der Waals surface area (Å²) in [6.45, 7) is 3.98. The molecular formula is C14H18FN3. The molecule has 0 bridgehead atoms. The van der Waals surface area contributed by atoms with Gasteiger partial charge >= 0.3 is 0 Å². The molecule has 1 aromatic carbocycles. The van der Waals surface area contributed by atoms with E-state index < -0.39 is 0 Å². The summed E-state index contributed by atoms with van der Waals surface area (Å²) in [4.78, 5) is 0. The maximum atomic E-state index is 13.3. The molecule has 18 heavy (non-hydrogen) atoms. The molecule has 1 unspecified atom stereocenters. The molecule has 2 aromatic rings. The van der Waals surface area contributed by atoms with Gasteiger partial charge in [0.25, 0.3) is 0 Å². The first-order chi connectivity index (χ1) is 8.52. The number of aryl methyl sites for hydroxylation is 3. The zero-order valence-electron chi connectivity index (χ0n) is 10.9. The van der Waals surface area contributed by atoms with Crippen molar-refractivity contribution in [3.8, 4) is 0 Å². The quantitative estimate of drug-likeness (QED) is 0.905. The monoisotopic (exact) mass is 247 g/mol. The predicted octanol–water partition coefficient (Wildman–Crippen LogP) is 2.48. The fraction of sp³-hybridized carbons (Fsp3) is 0.357. The molecule has 0 aliphatic rings. The molecule has 1 aromatic heterocycles. The molecule has 2 rings (SSSR count). The fourth-order valence-corrected chi connectivity index (χ4v) is 2.11. The molecule has 96 valence electrons. The van der Waals surface area contributed by atoms with E-state index in [2.05, 4.69) is 5.10 Å². The molecule has 2 N–H and O–H groups in total. The van der Waals surface area contributed by atoms with Crippen LogP contribution in [0.1, 0.15) is 35.5 Å². The minimum absolute atomic E-state index is 0.260. The lowest BCUT2D eigenvalue weighted by Crippen LogP contribution is -2.17. The van der Waals surface area contributed by atoms with Crippen molar-refractivity contribution in [2.75, 3.05) is 0 Å². The Balaban J connectivity index is 2.43. The first kappa shape index (κ1) is 12.8. The molecule has 3 nitrogen and oxygen atoms in total. The van der Waals surface area contributed by atoms with Crippen LogP contribution in [0.25, 0.3) is 0 Å². The van der Waals surface area contributed by atoms with E-state index in [0.717, 1.165) is 28.9 Å². The number of nitrogens with zero attached hydrogens (tertiary/aromatic N) is 2. The summed E-state index contributed by atoms with van der Waals surface area (Å²) in [6, 6.07) is 6.33. The minimum Gasteiger partial charge on any atom is -0.319 e. The number of hydrogen-bond acceptors (Lipinski definition) is 2. The van der Waals surface area contributed by atoms with Gasteiger partial charge in [0.05, 0.1) is 17.4 Å². The van der Waals surface area contributed by atoms with Crippen LogP contribution in [-0.2, 0) is 13.5 Å². The third kappa shape index (κ3) is 2.29. The highest BCUT2D eigenvalue weighted by atomic mass is 19.1. The van der Waals surface area contributed by atoms with Gasteiger partial charge in [0, 0.05) is 7.05 Å². The second-order valence-electron chi connectivity index (χ2n) is 4.52. The summed E-state index contributed by atoms with van der Waals surface area (Å²) in [5.41, 5.74) is 9.92. The van der Waals surface area contributed by atoms with Gasteiger partial charge in [-0.3, -0.25) is 4.68 Å². The van der Waals surface area contributed by atoms with E-state index in [-0.39, 0.29) is 11.9 Å². The molecule has 0 aliphatic carbocycles. The summed E-state index contributed by atoms with van der Waals surface area (Å²) in [7, 11) is 1.86. The van der Waals surface area contributed by atoms with E-state index in [9.17, 15) is 4.39 Å². The largest absolute Gasteiger partial charge is 0.319 e. The van der Waals surface area contributed by atoms with Crippen molar-refractivity contribution in [3.63, 3.8) is 0 Å². The normalized spacial score (nSPS) is 12.7. The zero-order chi connectivity index (χ0) is 13.3. The van der Waals surface area contributed by atoms with Gasteiger partial charge in [-0.15, -0.1) is 0 Å². The van der Waals surface area contributed by atoms with Crippen LogP contribution in [-0.4, -0.2) is 9.78 Å². The Kier molecular flexibility index (Phi) is 3.48. The topological polar surface area (TPSA) is 43.8 Å². The van der Waals surface area contributed by atoms with Gasteiger partial charge in [0.1, 0.15) is 5.82 Å². The summed E-state index contributed by atoms with van der Waals surface area (Å²) in [5.74, 6) is -0.260. The van der Waals surface area contributed by atoms with Gasteiger partial charge in [-0.1, -0.05) is 13.0 Å². The van der Waals surface area contributed by atoms with E-state index in [1.54, 1.807) is 10.7 Å². The summed E-state index contributed by atoms with van der Waals surface area (Å²) in [5, 5.41) is 4.37. The molecule has 0 saturated carbocycles. The standard InChI is InChI=1S/C14H18FN3/c1-4-11-8-13(18(3)17-11)14(16)12-7-10(15)6-5-9(12)2/h5-8,14H,4,16H2,1-3H3. The summed E-state index contributed by atoms with van der Waals surface area (Å²) < 4.78 is 15.1. The Morgan fingerprint density at radius 3 is 2.72 bits per heavy atom. The number of nitrogens with two attached hydrogens (primary N) is 1. The van der Waals surface area contributed by atoms with Crippen LogP contribution in [0.2, 0.25) is 0 Å². The van der Waals surface area contributed by atoms with Crippen molar-refractivity contribution in [1.82, 2.24) is 9.78 Å². The Morgan fingerprint density at radius 1 is 1.39 bits per heavy atom. The molecule has 4 heteroatoms. The predicted molar refractivity (Wildman–Crippen MR) is 69.8 cm³/mol. The van der Waals surface area contributed by atoms with Crippen LogP contribution < -0.4 is 5.73 Å². The van der Waals surface area contributed by atoms with Crippen molar-refractivity contribution < 1.29 is 4.39 Å². The average molecular weight is 247 g/mol. The van der Waals surface area contributed by atoms with Crippen molar-refractivity contribution in [2.45, 2.75) is 26.3 Å². The Labute approximate surface area is 106 Å². The van der Waals surface area contributed by atoms with Gasteiger partial charge in [0.15, 0.2) is 0 Å². The van der Waals surface area contributed by atoms with E-state index in [4.69, 9.17) is 5.73 Å². The zero-order valence-corrected chi connectivity index (χ0v) is 10.9. The maximum Gasteiger partial charge on any atom is 0.123 e. The number of benzene rings is 1. The lowest BCUT2D eigenvalue weighted by Gasteiger charge is -2.15. The molecule has 0 amide bonds. The first-order valence-corrected chi connectivity index (χ1v) is 6.07. The third-order valence-corrected chi connectivity index (χ3v) is 3.22. The van der Waals surface area contributed by atoms with Gasteiger partial charge in [-0.05, 0) is 42.7 Å². The van der Waals surface area contributed by atoms with Crippen LogP contribution in [0.3, 0.4) is 0 Å². The molecule has 0 fully saturated rings. The van der Waals surface area contributed by atoms with Crippen molar-refractivity contribution in [1.29, 1.82) is 0 Å². The van der Waals surface area contributed by atoms with Gasteiger partial charge in [0.2, 0.25) is 0 Å². The van der Waals surface area contributed by atoms with Gasteiger partial charge in [-0.25, -0.2) is 4.39 Å². The third-order valence-electron chi connectivity index (χ3n) is 3.22. The summed E-state index contributed by atoms with van der Waals surface area (Å²) in [6.07, 6.45) is 0.864. The molecular weight excluding hydrogens is 229 g/mol. The molecule has 0 spiro atoms. The minimum atomic E-state index is -0.349. The average Bonchev–Trinajstić information content (AvgIpc) is 2.73. The second-order valence-corrected chi connectivity index (χ2v) is 4.52. The Morgan fingerprint density at radius 2 is 2.11 bits per heavy atom. The Bertz CT molecular complexity index is 560. The van der Waals surface area contributed by atoms with Crippen LogP contribution >= 0.6 is 0 Å². The second kappa shape index (κ2) is 4.90. The maximum absolute atomic E-state index is 13.3. The van der Waals surface area contributed by atoms with Crippen molar-refractivity contribution in [2.24, 2.45) is 12.8 Å². The highest BCUT2D eigenvalue weighted by molar-refractivity contribution is 5.35. The number of halogens is 1. The SMILES string of the molecule is CCc1cc(C(N)c2cc(F)ccc2C)n(C)n1. The molecule has 1 heterocycles. The number of hydrogen-bond donors (Lipinski definition) is 1. The van der Waals surface area contributed by atoms with Crippen LogP contribution in [0.15, 0.2) is 24.3 Å². The van der Waals surface area contributed by atoms with E-state index in [1.807, 2.05) is 27.0 Å². The van der Waals surface area contributed by atoms with E-state index >= 15 is 0 Å².